The van der Waals surface area contributed by atoms with Crippen molar-refractivity contribution in [1.29, 1.82) is 0 Å². The molecule has 164 valence electrons. The molecule has 3 aliphatic rings. The highest BCUT2D eigenvalue weighted by molar-refractivity contribution is 9.10. The fourth-order valence-electron chi connectivity index (χ4n) is 4.08. The zero-order valence-corrected chi connectivity index (χ0v) is 19.9. The molecule has 0 radical (unpaired) electrons. The van der Waals surface area contributed by atoms with Gasteiger partial charge in [0.25, 0.3) is 5.91 Å². The molecule has 8 heteroatoms. The second-order valence-corrected chi connectivity index (χ2v) is 11.4. The molecule has 1 amide bonds. The van der Waals surface area contributed by atoms with Gasteiger partial charge in [0.15, 0.2) is 5.82 Å². The minimum absolute atomic E-state index is 0.0847. The fraction of sp³-hybridized carbons (Fsp3) is 0.478. The number of anilines is 3. The Morgan fingerprint density at radius 2 is 1.87 bits per heavy atom. The van der Waals surface area contributed by atoms with Gasteiger partial charge in [0.2, 0.25) is 0 Å². The van der Waals surface area contributed by atoms with Crippen LogP contribution in [0.1, 0.15) is 55.8 Å². The predicted octanol–water partition coefficient (Wildman–Crippen LogP) is 6.23. The molecular formula is C23H26BrFN4OS. The monoisotopic (exact) mass is 504 g/mol. The molecule has 0 unspecified atom stereocenters. The molecule has 1 aromatic carbocycles. The first-order valence-electron chi connectivity index (χ1n) is 10.8. The molecule has 31 heavy (non-hydrogen) atoms. The number of hydrogen-bond donors (Lipinski definition) is 2. The number of carbonyl (C=O) groups excluding carboxylic acids is 1. The lowest BCUT2D eigenvalue weighted by molar-refractivity contribution is 0.102. The fourth-order valence-corrected chi connectivity index (χ4v) is 5.20. The van der Waals surface area contributed by atoms with Crippen LogP contribution >= 0.6 is 27.9 Å². The average Bonchev–Trinajstić information content (AvgIpc) is 3.69. The van der Waals surface area contributed by atoms with Gasteiger partial charge in [0.05, 0.1) is 11.3 Å². The second-order valence-electron chi connectivity index (χ2n) is 9.30. The molecule has 2 heterocycles. The molecule has 1 spiro atoms. The Morgan fingerprint density at radius 3 is 2.52 bits per heavy atom. The van der Waals surface area contributed by atoms with E-state index in [1.54, 1.807) is 11.9 Å². The molecule has 0 atom stereocenters. The minimum Gasteiger partial charge on any atom is -0.371 e. The SMILES string of the molecule is CC1(SNc2ccc(C(=O)Nc3ccc(F)c(Br)n3)c(N3CCC4(CC3)CC4)c2)CC1. The van der Waals surface area contributed by atoms with Crippen molar-refractivity contribution in [2.45, 2.75) is 50.2 Å². The van der Waals surface area contributed by atoms with Crippen molar-refractivity contribution in [3.05, 3.63) is 46.3 Å². The van der Waals surface area contributed by atoms with Gasteiger partial charge in [-0.1, -0.05) is 0 Å². The molecule has 0 bridgehead atoms. The largest absolute Gasteiger partial charge is 0.371 e. The number of rotatable bonds is 6. The van der Waals surface area contributed by atoms with Crippen molar-refractivity contribution >= 4 is 51.0 Å². The van der Waals surface area contributed by atoms with Crippen LogP contribution in [0.3, 0.4) is 0 Å². The van der Waals surface area contributed by atoms with Crippen LogP contribution in [0.15, 0.2) is 34.9 Å². The van der Waals surface area contributed by atoms with E-state index < -0.39 is 5.82 Å². The second kappa shape index (κ2) is 7.96. The van der Waals surface area contributed by atoms with Gasteiger partial charge in [-0.2, -0.15) is 0 Å². The number of benzene rings is 1. The van der Waals surface area contributed by atoms with E-state index in [0.717, 1.165) is 24.5 Å². The van der Waals surface area contributed by atoms with E-state index in [2.05, 4.69) is 48.8 Å². The van der Waals surface area contributed by atoms with Gasteiger partial charge in [-0.3, -0.25) is 4.79 Å². The summed E-state index contributed by atoms with van der Waals surface area (Å²) in [5.74, 6) is -0.376. The highest BCUT2D eigenvalue weighted by Gasteiger charge is 2.44. The number of nitrogens with one attached hydrogen (secondary N) is 2. The van der Waals surface area contributed by atoms with Crippen LogP contribution in [-0.4, -0.2) is 28.7 Å². The summed E-state index contributed by atoms with van der Waals surface area (Å²) in [4.78, 5) is 19.5. The normalized spacial score (nSPS) is 20.4. The Balaban J connectivity index is 1.38. The molecule has 1 aromatic heterocycles. The van der Waals surface area contributed by atoms with Crippen LogP contribution in [-0.2, 0) is 0 Å². The quantitative estimate of drug-likeness (QED) is 0.360. The van der Waals surface area contributed by atoms with Crippen molar-refractivity contribution < 1.29 is 9.18 Å². The van der Waals surface area contributed by atoms with E-state index in [4.69, 9.17) is 0 Å². The molecule has 1 saturated heterocycles. The highest BCUT2D eigenvalue weighted by Crippen LogP contribution is 2.54. The van der Waals surface area contributed by atoms with Crippen molar-refractivity contribution in [3.63, 3.8) is 0 Å². The maximum absolute atomic E-state index is 13.5. The number of halogens is 2. The van der Waals surface area contributed by atoms with Crippen molar-refractivity contribution in [1.82, 2.24) is 4.98 Å². The van der Waals surface area contributed by atoms with E-state index in [0.29, 0.717) is 21.5 Å². The van der Waals surface area contributed by atoms with Gasteiger partial charge in [-0.15, -0.1) is 0 Å². The van der Waals surface area contributed by atoms with Crippen molar-refractivity contribution in [3.8, 4) is 0 Å². The van der Waals surface area contributed by atoms with E-state index in [-0.39, 0.29) is 10.5 Å². The smallest absolute Gasteiger partial charge is 0.258 e. The number of aromatic nitrogens is 1. The van der Waals surface area contributed by atoms with Crippen LogP contribution in [0.25, 0.3) is 0 Å². The molecule has 1 aliphatic heterocycles. The first kappa shape index (κ1) is 21.1. The molecule has 2 N–H and O–H groups in total. The summed E-state index contributed by atoms with van der Waals surface area (Å²) in [5.41, 5.74) is 3.14. The summed E-state index contributed by atoms with van der Waals surface area (Å²) < 4.78 is 17.4. The van der Waals surface area contributed by atoms with E-state index in [1.165, 1.54) is 50.7 Å². The number of pyridine rings is 1. The number of piperidine rings is 1. The molecule has 3 fully saturated rings. The van der Waals surface area contributed by atoms with Gasteiger partial charge in [0, 0.05) is 23.5 Å². The van der Waals surface area contributed by atoms with Gasteiger partial charge in [-0.25, -0.2) is 9.37 Å². The van der Waals surface area contributed by atoms with Crippen LogP contribution < -0.4 is 14.9 Å². The Labute approximate surface area is 194 Å². The zero-order chi connectivity index (χ0) is 21.6. The topological polar surface area (TPSA) is 57.3 Å². The third-order valence-corrected chi connectivity index (χ3v) is 8.57. The Hall–Kier alpha value is -1.80. The molecule has 2 saturated carbocycles. The average molecular weight is 505 g/mol. The number of hydrogen-bond acceptors (Lipinski definition) is 5. The Morgan fingerprint density at radius 1 is 1.13 bits per heavy atom. The first-order valence-corrected chi connectivity index (χ1v) is 12.4. The summed E-state index contributed by atoms with van der Waals surface area (Å²) in [7, 11) is 0. The lowest BCUT2D eigenvalue weighted by atomic mass is 9.93. The maximum Gasteiger partial charge on any atom is 0.258 e. The van der Waals surface area contributed by atoms with Crippen molar-refractivity contribution in [2.75, 3.05) is 28.0 Å². The summed E-state index contributed by atoms with van der Waals surface area (Å²) in [6.07, 6.45) is 7.52. The van der Waals surface area contributed by atoms with Gasteiger partial charge >= 0.3 is 0 Å². The molecule has 2 aromatic rings. The summed E-state index contributed by atoms with van der Waals surface area (Å²) >= 11 is 4.84. The lowest BCUT2D eigenvalue weighted by Crippen LogP contribution is -2.35. The number of nitrogens with zero attached hydrogens (tertiary/aromatic N) is 2. The molecule has 5 rings (SSSR count). The third kappa shape index (κ3) is 4.70. The summed E-state index contributed by atoms with van der Waals surface area (Å²) in [5, 5.41) is 2.82. The van der Waals surface area contributed by atoms with Crippen LogP contribution in [0, 0.1) is 11.2 Å². The predicted molar refractivity (Wildman–Crippen MR) is 128 cm³/mol. The van der Waals surface area contributed by atoms with E-state index >= 15 is 0 Å². The molecule has 5 nitrogen and oxygen atoms in total. The number of carbonyl (C=O) groups is 1. The van der Waals surface area contributed by atoms with Gasteiger partial charge in [-0.05, 0) is 109 Å². The van der Waals surface area contributed by atoms with Crippen LogP contribution in [0.4, 0.5) is 21.6 Å². The Kier molecular flexibility index (Phi) is 5.41. The summed E-state index contributed by atoms with van der Waals surface area (Å²) in [6.45, 7) is 4.20. The summed E-state index contributed by atoms with van der Waals surface area (Å²) in [6, 6.07) is 8.68. The third-order valence-electron chi connectivity index (χ3n) is 6.78. The van der Waals surface area contributed by atoms with Crippen LogP contribution in [0.5, 0.6) is 0 Å². The molecule has 2 aliphatic carbocycles. The zero-order valence-electron chi connectivity index (χ0n) is 17.5. The van der Waals surface area contributed by atoms with Crippen molar-refractivity contribution in [2.24, 2.45) is 5.41 Å². The Bertz CT molecular complexity index is 1010. The maximum atomic E-state index is 13.5. The highest BCUT2D eigenvalue weighted by atomic mass is 79.9. The standard InChI is InChI=1S/C23H26BrFN4OS/c1-22(6-7-22)31-28-15-2-3-16(21(30)27-19-5-4-17(25)20(24)26-19)18(14-15)29-12-10-23(8-9-23)11-13-29/h2-5,14,28H,6-13H2,1H3,(H,26,27,30). The van der Waals surface area contributed by atoms with E-state index in [9.17, 15) is 9.18 Å². The van der Waals surface area contributed by atoms with Gasteiger partial charge < -0.3 is 14.9 Å². The minimum atomic E-state index is -0.460. The van der Waals surface area contributed by atoms with Crippen LogP contribution in [0.2, 0.25) is 0 Å². The molecular weight excluding hydrogens is 479 g/mol. The first-order chi connectivity index (χ1) is 14.8. The van der Waals surface area contributed by atoms with Gasteiger partial charge in [0.1, 0.15) is 10.4 Å². The number of amides is 1. The van der Waals surface area contributed by atoms with E-state index in [1.807, 2.05) is 12.1 Å². The lowest BCUT2D eigenvalue weighted by Gasteiger charge is -2.35.